The highest BCUT2D eigenvalue weighted by Gasteiger charge is 2.44. The van der Waals surface area contributed by atoms with Crippen LogP contribution in [0.25, 0.3) is 11.0 Å². The number of nitrogens with zero attached hydrogens (tertiary/aromatic N) is 3. The third-order valence-electron chi connectivity index (χ3n) is 5.54. The van der Waals surface area contributed by atoms with Gasteiger partial charge in [-0.2, -0.15) is 0 Å². The molecular formula is C22H32N4O6. The van der Waals surface area contributed by atoms with E-state index in [2.05, 4.69) is 36.1 Å². The van der Waals surface area contributed by atoms with Crippen molar-refractivity contribution < 1.29 is 29.3 Å². The number of aliphatic hydroxyl groups excluding tert-OH is 2. The van der Waals surface area contributed by atoms with Gasteiger partial charge in [0.15, 0.2) is 12.0 Å². The van der Waals surface area contributed by atoms with Crippen molar-refractivity contribution in [3.05, 3.63) is 18.1 Å². The van der Waals surface area contributed by atoms with Gasteiger partial charge in [-0.25, -0.2) is 9.97 Å². The summed E-state index contributed by atoms with van der Waals surface area (Å²) in [6, 6.07) is 0. The lowest BCUT2D eigenvalue weighted by molar-refractivity contribution is -0.120. The molecule has 1 fully saturated rings. The Labute approximate surface area is 186 Å². The number of hydrogen-bond acceptors (Lipinski definition) is 8. The van der Waals surface area contributed by atoms with Gasteiger partial charge in [-0.1, -0.05) is 27.7 Å². The molecule has 3 heterocycles. The quantitative estimate of drug-likeness (QED) is 0.547. The Bertz CT molecular complexity index is 998. The Hall–Kier alpha value is -2.40. The van der Waals surface area contributed by atoms with Crippen LogP contribution in [0.2, 0.25) is 0 Å². The van der Waals surface area contributed by atoms with Crippen LogP contribution in [0.5, 0.6) is 0 Å². The number of hydrogen-bond donors (Lipinski definition) is 3. The molecule has 10 nitrogen and oxygen atoms in total. The molecule has 0 spiro atoms. The van der Waals surface area contributed by atoms with Gasteiger partial charge in [-0.05, 0) is 18.8 Å². The lowest BCUT2D eigenvalue weighted by atomic mass is 9.85. The SMILES string of the molecule is COC[C@H]1O[C@@H](n2cc(C(C)=O)c3c(NC(=O)C(C)CC(C)(C)C)ncnc32)[C@@H](O)C1O. The van der Waals surface area contributed by atoms with Crippen LogP contribution in [0, 0.1) is 11.3 Å². The fourth-order valence-electron chi connectivity index (χ4n) is 4.15. The number of carbonyl (C=O) groups is 2. The number of fused-ring (bicyclic) bond motifs is 1. The molecule has 0 aliphatic carbocycles. The summed E-state index contributed by atoms with van der Waals surface area (Å²) >= 11 is 0. The number of ether oxygens (including phenoxy) is 2. The van der Waals surface area contributed by atoms with E-state index in [0.717, 1.165) is 0 Å². The van der Waals surface area contributed by atoms with E-state index in [-0.39, 0.29) is 41.0 Å². The van der Waals surface area contributed by atoms with Crippen molar-refractivity contribution in [2.24, 2.45) is 11.3 Å². The molecule has 10 heteroatoms. The van der Waals surface area contributed by atoms with Gasteiger partial charge in [0.1, 0.15) is 36.1 Å². The molecule has 176 valence electrons. The highest BCUT2D eigenvalue weighted by Crippen LogP contribution is 2.35. The normalized spacial score (nSPS) is 24.6. The molecule has 1 aliphatic rings. The Balaban J connectivity index is 2.01. The molecule has 0 aromatic carbocycles. The number of methoxy groups -OCH3 is 1. The Kier molecular flexibility index (Phi) is 6.99. The smallest absolute Gasteiger partial charge is 0.228 e. The Morgan fingerprint density at radius 2 is 1.97 bits per heavy atom. The van der Waals surface area contributed by atoms with Gasteiger partial charge >= 0.3 is 0 Å². The lowest BCUT2D eigenvalue weighted by Gasteiger charge is -2.22. The Morgan fingerprint density at radius 1 is 1.28 bits per heavy atom. The summed E-state index contributed by atoms with van der Waals surface area (Å²) in [5.74, 6) is -0.530. The summed E-state index contributed by atoms with van der Waals surface area (Å²) in [5.41, 5.74) is 0.555. The zero-order valence-electron chi connectivity index (χ0n) is 19.3. The minimum Gasteiger partial charge on any atom is -0.387 e. The van der Waals surface area contributed by atoms with E-state index in [1.807, 2.05) is 6.92 Å². The zero-order chi connectivity index (χ0) is 23.8. The van der Waals surface area contributed by atoms with Gasteiger partial charge in [0.2, 0.25) is 5.91 Å². The molecule has 3 N–H and O–H groups in total. The summed E-state index contributed by atoms with van der Waals surface area (Å²) in [6.45, 7) is 9.52. The molecule has 5 atom stereocenters. The van der Waals surface area contributed by atoms with Crippen LogP contribution in [0.3, 0.4) is 0 Å². The molecule has 2 unspecified atom stereocenters. The average molecular weight is 449 g/mol. The summed E-state index contributed by atoms with van der Waals surface area (Å²) in [5, 5.41) is 24.1. The molecule has 1 saturated heterocycles. The van der Waals surface area contributed by atoms with E-state index in [4.69, 9.17) is 9.47 Å². The number of carbonyl (C=O) groups excluding carboxylic acids is 2. The highest BCUT2D eigenvalue weighted by molar-refractivity contribution is 6.12. The number of amides is 1. The summed E-state index contributed by atoms with van der Waals surface area (Å²) in [6.07, 6.45) is -0.698. The third kappa shape index (κ3) is 4.83. The van der Waals surface area contributed by atoms with Crippen LogP contribution in [-0.4, -0.2) is 68.5 Å². The second kappa shape index (κ2) is 9.22. The maximum Gasteiger partial charge on any atom is 0.228 e. The zero-order valence-corrected chi connectivity index (χ0v) is 19.3. The number of ketones is 1. The molecule has 2 aromatic heterocycles. The van der Waals surface area contributed by atoms with Gasteiger partial charge in [-0.3, -0.25) is 9.59 Å². The van der Waals surface area contributed by atoms with Crippen molar-refractivity contribution in [2.45, 2.75) is 65.6 Å². The molecule has 0 bridgehead atoms. The molecule has 3 rings (SSSR count). The van der Waals surface area contributed by atoms with Crippen LogP contribution < -0.4 is 5.32 Å². The predicted molar refractivity (Wildman–Crippen MR) is 117 cm³/mol. The van der Waals surface area contributed by atoms with Gasteiger partial charge in [0.25, 0.3) is 0 Å². The molecule has 0 radical (unpaired) electrons. The first-order valence-corrected chi connectivity index (χ1v) is 10.6. The van der Waals surface area contributed by atoms with E-state index >= 15 is 0 Å². The largest absolute Gasteiger partial charge is 0.387 e. The average Bonchev–Trinajstić information content (AvgIpc) is 3.21. The van der Waals surface area contributed by atoms with E-state index in [9.17, 15) is 19.8 Å². The highest BCUT2D eigenvalue weighted by atomic mass is 16.6. The van der Waals surface area contributed by atoms with Crippen LogP contribution in [0.15, 0.2) is 12.5 Å². The summed E-state index contributed by atoms with van der Waals surface area (Å²) < 4.78 is 12.3. The number of aliphatic hydroxyl groups is 2. The summed E-state index contributed by atoms with van der Waals surface area (Å²) in [7, 11) is 1.47. The van der Waals surface area contributed by atoms with Gasteiger partial charge in [0, 0.05) is 24.8 Å². The van der Waals surface area contributed by atoms with Crippen LogP contribution >= 0.6 is 0 Å². The van der Waals surface area contributed by atoms with Crippen LogP contribution in [0.1, 0.15) is 57.6 Å². The first-order chi connectivity index (χ1) is 14.9. The molecule has 1 amide bonds. The molecule has 2 aromatic rings. The van der Waals surface area contributed by atoms with Crippen LogP contribution in [-0.2, 0) is 14.3 Å². The van der Waals surface area contributed by atoms with Crippen molar-refractivity contribution >= 4 is 28.5 Å². The minimum atomic E-state index is -1.26. The summed E-state index contributed by atoms with van der Waals surface area (Å²) in [4.78, 5) is 33.7. The van der Waals surface area contributed by atoms with Crippen molar-refractivity contribution in [1.29, 1.82) is 0 Å². The van der Waals surface area contributed by atoms with Gasteiger partial charge < -0.3 is 29.6 Å². The fourth-order valence-corrected chi connectivity index (χ4v) is 4.15. The monoisotopic (exact) mass is 448 g/mol. The number of anilines is 1. The number of nitrogens with one attached hydrogen (secondary N) is 1. The number of rotatable bonds is 7. The molecule has 0 saturated carbocycles. The lowest BCUT2D eigenvalue weighted by Crippen LogP contribution is -2.33. The second-order valence-electron chi connectivity index (χ2n) is 9.58. The van der Waals surface area contributed by atoms with E-state index in [0.29, 0.717) is 17.5 Å². The van der Waals surface area contributed by atoms with Crippen molar-refractivity contribution in [1.82, 2.24) is 14.5 Å². The first kappa shape index (κ1) is 24.2. The number of Topliss-reactive ketones (excluding diaryl/α,β-unsaturated/α-hetero) is 1. The maximum atomic E-state index is 12.8. The van der Waals surface area contributed by atoms with E-state index < -0.39 is 24.5 Å². The molecule has 32 heavy (non-hydrogen) atoms. The molecular weight excluding hydrogens is 416 g/mol. The molecule has 1 aliphatic heterocycles. The maximum absolute atomic E-state index is 12.8. The van der Waals surface area contributed by atoms with Crippen molar-refractivity contribution in [3.63, 3.8) is 0 Å². The first-order valence-electron chi connectivity index (χ1n) is 10.6. The second-order valence-corrected chi connectivity index (χ2v) is 9.58. The third-order valence-corrected chi connectivity index (χ3v) is 5.54. The van der Waals surface area contributed by atoms with E-state index in [1.165, 1.54) is 31.1 Å². The van der Waals surface area contributed by atoms with Gasteiger partial charge in [-0.15, -0.1) is 0 Å². The minimum absolute atomic E-state index is 0.0266. The number of aromatic nitrogens is 3. The van der Waals surface area contributed by atoms with E-state index in [1.54, 1.807) is 0 Å². The van der Waals surface area contributed by atoms with Gasteiger partial charge in [0.05, 0.1) is 12.0 Å². The standard InChI is InChI=1S/C22H32N4O6/c1-11(7-22(3,4)5)20(30)25-18-15-13(12(2)27)8-26(19(15)24-10-23-18)21-17(29)16(28)14(32-21)9-31-6/h8,10-11,14,16-17,21,28-29H,7,9H2,1-6H3,(H,23,24,25,30)/t11?,14-,16?,17+,21-/m1/s1. The van der Waals surface area contributed by atoms with Crippen molar-refractivity contribution in [3.8, 4) is 0 Å². The van der Waals surface area contributed by atoms with Crippen molar-refractivity contribution in [2.75, 3.05) is 19.0 Å². The fraction of sp³-hybridized carbons (Fsp3) is 0.636. The topological polar surface area (TPSA) is 136 Å². The van der Waals surface area contributed by atoms with Crippen LogP contribution in [0.4, 0.5) is 5.82 Å². The Morgan fingerprint density at radius 3 is 2.56 bits per heavy atom. The predicted octanol–water partition coefficient (Wildman–Crippen LogP) is 1.91.